The molecule has 0 bridgehead atoms. The number of rotatable bonds is 4. The lowest BCUT2D eigenvalue weighted by Crippen LogP contribution is -2.31. The van der Waals surface area contributed by atoms with Gasteiger partial charge >= 0.3 is 0 Å². The molecule has 0 saturated carbocycles. The summed E-state index contributed by atoms with van der Waals surface area (Å²) in [6, 6.07) is -0.198. The van der Waals surface area contributed by atoms with Crippen LogP contribution in [0.5, 0.6) is 0 Å². The standard InChI is InChI=1S/C11H17N3O2/c1-5-14-8(3)10(6-12-14)7(2)13-11(16)9(4)15/h6-7H,5H2,1-4H3,(H,13,16). The number of carbonyl (C=O) groups excluding carboxylic acids is 2. The van der Waals surface area contributed by atoms with Crippen LogP contribution in [0.4, 0.5) is 0 Å². The van der Waals surface area contributed by atoms with Gasteiger partial charge in [0.25, 0.3) is 5.91 Å². The van der Waals surface area contributed by atoms with Crippen LogP contribution in [0.2, 0.25) is 0 Å². The van der Waals surface area contributed by atoms with Crippen molar-refractivity contribution in [1.29, 1.82) is 0 Å². The first kappa shape index (κ1) is 12.4. The van der Waals surface area contributed by atoms with E-state index in [-0.39, 0.29) is 6.04 Å². The molecule has 1 heterocycles. The lowest BCUT2D eigenvalue weighted by atomic mass is 10.1. The Kier molecular flexibility index (Phi) is 3.82. The second-order valence-corrected chi connectivity index (χ2v) is 3.75. The fourth-order valence-corrected chi connectivity index (χ4v) is 1.58. The Morgan fingerprint density at radius 3 is 2.62 bits per heavy atom. The molecule has 0 spiro atoms. The molecule has 1 N–H and O–H groups in total. The normalized spacial score (nSPS) is 12.2. The van der Waals surface area contributed by atoms with Gasteiger partial charge in [0.1, 0.15) is 0 Å². The van der Waals surface area contributed by atoms with Crippen LogP contribution in [0.25, 0.3) is 0 Å². The van der Waals surface area contributed by atoms with E-state index in [1.54, 1.807) is 6.20 Å². The zero-order valence-electron chi connectivity index (χ0n) is 10.1. The highest BCUT2D eigenvalue weighted by atomic mass is 16.2. The molecule has 1 amide bonds. The molecule has 0 radical (unpaired) electrons. The van der Waals surface area contributed by atoms with Gasteiger partial charge in [0.15, 0.2) is 0 Å². The highest BCUT2D eigenvalue weighted by Crippen LogP contribution is 2.16. The van der Waals surface area contributed by atoms with Crippen LogP contribution >= 0.6 is 0 Å². The third-order valence-corrected chi connectivity index (χ3v) is 2.57. The molecule has 1 aromatic heterocycles. The summed E-state index contributed by atoms with van der Waals surface area (Å²) in [5.41, 5.74) is 1.95. The van der Waals surface area contributed by atoms with Gasteiger partial charge in [-0.3, -0.25) is 14.3 Å². The fraction of sp³-hybridized carbons (Fsp3) is 0.545. The van der Waals surface area contributed by atoms with E-state index in [1.807, 2.05) is 25.5 Å². The van der Waals surface area contributed by atoms with Crippen LogP contribution in [0.3, 0.4) is 0 Å². The first-order valence-corrected chi connectivity index (χ1v) is 5.31. The number of carbonyl (C=O) groups is 2. The Morgan fingerprint density at radius 1 is 1.56 bits per heavy atom. The number of amides is 1. The van der Waals surface area contributed by atoms with Gasteiger partial charge < -0.3 is 5.32 Å². The third kappa shape index (κ3) is 2.48. The molecule has 16 heavy (non-hydrogen) atoms. The molecule has 1 aromatic rings. The number of hydrogen-bond acceptors (Lipinski definition) is 3. The van der Waals surface area contributed by atoms with Crippen molar-refractivity contribution in [3.63, 3.8) is 0 Å². The number of nitrogens with one attached hydrogen (secondary N) is 1. The predicted molar refractivity (Wildman–Crippen MR) is 59.9 cm³/mol. The zero-order valence-corrected chi connectivity index (χ0v) is 10.1. The molecule has 0 aliphatic rings. The maximum Gasteiger partial charge on any atom is 0.287 e. The monoisotopic (exact) mass is 223 g/mol. The minimum Gasteiger partial charge on any atom is -0.343 e. The maximum atomic E-state index is 11.2. The maximum absolute atomic E-state index is 11.2. The van der Waals surface area contributed by atoms with Gasteiger partial charge in [0.05, 0.1) is 12.2 Å². The smallest absolute Gasteiger partial charge is 0.287 e. The SMILES string of the molecule is CCn1ncc(C(C)NC(=O)C(C)=O)c1C. The second kappa shape index (κ2) is 4.92. The molecule has 0 saturated heterocycles. The summed E-state index contributed by atoms with van der Waals surface area (Å²) in [7, 11) is 0. The van der Waals surface area contributed by atoms with E-state index in [2.05, 4.69) is 10.4 Å². The quantitative estimate of drug-likeness (QED) is 0.774. The number of hydrogen-bond donors (Lipinski definition) is 1. The van der Waals surface area contributed by atoms with Crippen molar-refractivity contribution in [3.8, 4) is 0 Å². The van der Waals surface area contributed by atoms with Gasteiger partial charge in [-0.05, 0) is 20.8 Å². The summed E-state index contributed by atoms with van der Waals surface area (Å²) >= 11 is 0. The van der Waals surface area contributed by atoms with Crippen LogP contribution in [0, 0.1) is 6.92 Å². The Balaban J connectivity index is 2.80. The van der Waals surface area contributed by atoms with Crippen molar-refractivity contribution in [2.45, 2.75) is 40.3 Å². The van der Waals surface area contributed by atoms with E-state index in [4.69, 9.17) is 0 Å². The summed E-state index contributed by atoms with van der Waals surface area (Å²) in [5.74, 6) is -1.04. The number of ketones is 1. The first-order valence-electron chi connectivity index (χ1n) is 5.31. The van der Waals surface area contributed by atoms with Crippen LogP contribution in [-0.2, 0) is 16.1 Å². The van der Waals surface area contributed by atoms with E-state index < -0.39 is 11.7 Å². The van der Waals surface area contributed by atoms with Crippen LogP contribution < -0.4 is 5.32 Å². The molecule has 0 aliphatic heterocycles. The molecular formula is C11H17N3O2. The molecule has 0 aromatic carbocycles. The molecule has 5 heteroatoms. The molecule has 1 rings (SSSR count). The molecule has 0 fully saturated rings. The molecule has 5 nitrogen and oxygen atoms in total. The van der Waals surface area contributed by atoms with Crippen molar-refractivity contribution in [3.05, 3.63) is 17.5 Å². The third-order valence-electron chi connectivity index (χ3n) is 2.57. The Hall–Kier alpha value is -1.65. The van der Waals surface area contributed by atoms with Gasteiger partial charge in [-0.15, -0.1) is 0 Å². The second-order valence-electron chi connectivity index (χ2n) is 3.75. The Labute approximate surface area is 94.8 Å². The van der Waals surface area contributed by atoms with E-state index >= 15 is 0 Å². The lowest BCUT2D eigenvalue weighted by Gasteiger charge is -2.12. The van der Waals surface area contributed by atoms with Crippen molar-refractivity contribution in [2.24, 2.45) is 0 Å². The van der Waals surface area contributed by atoms with E-state index in [1.165, 1.54) is 6.92 Å². The molecule has 1 unspecified atom stereocenters. The minimum absolute atomic E-state index is 0.198. The first-order chi connectivity index (χ1) is 7.47. The summed E-state index contributed by atoms with van der Waals surface area (Å²) in [4.78, 5) is 22.1. The van der Waals surface area contributed by atoms with E-state index in [0.29, 0.717) is 0 Å². The highest BCUT2D eigenvalue weighted by Gasteiger charge is 2.16. The topological polar surface area (TPSA) is 64.0 Å². The van der Waals surface area contributed by atoms with Crippen molar-refractivity contribution in [1.82, 2.24) is 15.1 Å². The molecule has 88 valence electrons. The van der Waals surface area contributed by atoms with Crippen LogP contribution in [-0.4, -0.2) is 21.5 Å². The number of nitrogens with zero attached hydrogens (tertiary/aromatic N) is 2. The number of Topliss-reactive ketones (excluding diaryl/α,β-unsaturated/α-hetero) is 1. The molecule has 0 aliphatic carbocycles. The van der Waals surface area contributed by atoms with Crippen LogP contribution in [0.15, 0.2) is 6.20 Å². The number of aromatic nitrogens is 2. The van der Waals surface area contributed by atoms with Gasteiger partial charge in [0, 0.05) is 24.7 Å². The molecular weight excluding hydrogens is 206 g/mol. The van der Waals surface area contributed by atoms with Gasteiger partial charge in [-0.25, -0.2) is 0 Å². The van der Waals surface area contributed by atoms with Crippen molar-refractivity contribution in [2.75, 3.05) is 0 Å². The van der Waals surface area contributed by atoms with E-state index in [9.17, 15) is 9.59 Å². The largest absolute Gasteiger partial charge is 0.343 e. The van der Waals surface area contributed by atoms with Crippen LogP contribution in [0.1, 0.15) is 38.1 Å². The van der Waals surface area contributed by atoms with Gasteiger partial charge in [-0.1, -0.05) is 0 Å². The van der Waals surface area contributed by atoms with E-state index in [0.717, 1.165) is 17.8 Å². The Bertz CT molecular complexity index is 409. The van der Waals surface area contributed by atoms with Gasteiger partial charge in [-0.2, -0.15) is 5.10 Å². The number of aryl methyl sites for hydroxylation is 1. The lowest BCUT2D eigenvalue weighted by molar-refractivity contribution is -0.137. The van der Waals surface area contributed by atoms with Crippen molar-refractivity contribution >= 4 is 11.7 Å². The minimum atomic E-state index is -0.559. The highest BCUT2D eigenvalue weighted by molar-refractivity contribution is 6.35. The van der Waals surface area contributed by atoms with Gasteiger partial charge in [0.2, 0.25) is 5.78 Å². The average molecular weight is 223 g/mol. The predicted octanol–water partition coefficient (Wildman–Crippen LogP) is 0.978. The zero-order chi connectivity index (χ0) is 12.3. The summed E-state index contributed by atoms with van der Waals surface area (Å²) in [5, 5.41) is 6.82. The Morgan fingerprint density at radius 2 is 2.19 bits per heavy atom. The summed E-state index contributed by atoms with van der Waals surface area (Å²) in [6.45, 7) is 7.83. The fourth-order valence-electron chi connectivity index (χ4n) is 1.58. The molecule has 1 atom stereocenters. The van der Waals surface area contributed by atoms with Crippen molar-refractivity contribution < 1.29 is 9.59 Å². The average Bonchev–Trinajstić information content (AvgIpc) is 2.59. The summed E-state index contributed by atoms with van der Waals surface area (Å²) in [6.07, 6.45) is 1.73. The summed E-state index contributed by atoms with van der Waals surface area (Å²) < 4.78 is 1.85.